The molecule has 1 N–H and O–H groups in total. The molecule has 0 amide bonds. The van der Waals surface area contributed by atoms with Gasteiger partial charge >= 0.3 is 0 Å². The molecule has 0 heterocycles. The summed E-state index contributed by atoms with van der Waals surface area (Å²) < 4.78 is 28.7. The molecule has 5 heteroatoms. The molecule has 3 nitrogen and oxygen atoms in total. The van der Waals surface area contributed by atoms with Gasteiger partial charge in [0, 0.05) is 32.7 Å². The van der Waals surface area contributed by atoms with Crippen molar-refractivity contribution in [2.45, 2.75) is 6.92 Å². The van der Waals surface area contributed by atoms with E-state index < -0.39 is 14.4 Å². The van der Waals surface area contributed by atoms with Crippen molar-refractivity contribution in [2.75, 3.05) is 0 Å². The molecule has 0 aromatic heterocycles. The minimum atomic E-state index is -3.19. The number of allylic oxidation sites excluding steroid dienone is 1. The van der Waals surface area contributed by atoms with Crippen LogP contribution in [0, 0.1) is 0 Å². The van der Waals surface area contributed by atoms with E-state index in [1.807, 2.05) is 128 Å². The highest BCUT2D eigenvalue weighted by atomic mass is 31.2. The van der Waals surface area contributed by atoms with Gasteiger partial charge in [0.1, 0.15) is 0 Å². The smallest absolute Gasteiger partial charge is 0.226 e. The first-order valence-electron chi connectivity index (χ1n) is 10.4. The highest BCUT2D eigenvalue weighted by molar-refractivity contribution is 7.81. The normalized spacial score (nSPS) is 12.3. The lowest BCUT2D eigenvalue weighted by Crippen LogP contribution is -2.27. The minimum Gasteiger partial charge on any atom is -0.333 e. The Kier molecular flexibility index (Phi) is 6.61. The molecule has 4 aromatic rings. The van der Waals surface area contributed by atoms with Gasteiger partial charge in [0.15, 0.2) is 7.14 Å². The number of hydrogen-bond donors (Lipinski definition) is 1. The minimum absolute atomic E-state index is 0.608. The lowest BCUT2D eigenvalue weighted by atomic mass is 10.4. The molecule has 0 aliphatic rings. The molecule has 160 valence electrons. The molecule has 4 rings (SSSR count). The highest BCUT2D eigenvalue weighted by Crippen LogP contribution is 2.47. The third-order valence-electron chi connectivity index (χ3n) is 5.23. The predicted octanol–water partition coefficient (Wildman–Crippen LogP) is 5.38. The van der Waals surface area contributed by atoms with E-state index in [-0.39, 0.29) is 0 Å². The van der Waals surface area contributed by atoms with E-state index in [0.29, 0.717) is 16.3 Å². The molecule has 0 aliphatic carbocycles. The molecule has 0 radical (unpaired) electrons. The average Bonchev–Trinajstić information content (AvgIpc) is 2.86. The fraction of sp³-hybridized carbons (Fsp3) is 0.0370. The number of rotatable bonds is 7. The van der Waals surface area contributed by atoms with Crippen molar-refractivity contribution in [3.05, 3.63) is 133 Å². The Balaban J connectivity index is 1.82. The first-order valence-corrected chi connectivity index (χ1v) is 13.9. The second-order valence-corrected chi connectivity index (χ2v) is 12.6. The SMILES string of the molecule is C/C(=C/P(=O)(c1ccccc1)c1ccccc1)NP(=O)(c1ccccc1)c1ccccc1. The molecule has 0 atom stereocenters. The van der Waals surface area contributed by atoms with Crippen molar-refractivity contribution < 1.29 is 9.13 Å². The molecule has 0 saturated carbocycles. The molecule has 0 unspecified atom stereocenters. The summed E-state index contributed by atoms with van der Waals surface area (Å²) >= 11 is 0. The molecule has 0 fully saturated rings. The number of hydrogen-bond acceptors (Lipinski definition) is 2. The van der Waals surface area contributed by atoms with Crippen molar-refractivity contribution in [3.63, 3.8) is 0 Å². The summed E-state index contributed by atoms with van der Waals surface area (Å²) in [7, 11) is -6.28. The van der Waals surface area contributed by atoms with Crippen LogP contribution in [-0.4, -0.2) is 0 Å². The van der Waals surface area contributed by atoms with Gasteiger partial charge in [-0.2, -0.15) is 0 Å². The summed E-state index contributed by atoms with van der Waals surface area (Å²) in [6.45, 7) is 1.83. The molecule has 0 spiro atoms. The Morgan fingerprint density at radius 1 is 0.562 bits per heavy atom. The molecule has 4 aromatic carbocycles. The quantitative estimate of drug-likeness (QED) is 0.379. The zero-order valence-corrected chi connectivity index (χ0v) is 19.6. The van der Waals surface area contributed by atoms with E-state index in [4.69, 9.17) is 0 Å². The Bertz CT molecular complexity index is 1200. The molecular formula is C27H25NO2P2. The van der Waals surface area contributed by atoms with E-state index in [1.54, 1.807) is 5.82 Å². The molecule has 0 saturated heterocycles. The van der Waals surface area contributed by atoms with Crippen LogP contribution < -0.4 is 26.3 Å². The summed E-state index contributed by atoms with van der Waals surface area (Å²) in [6.07, 6.45) is 0. The van der Waals surface area contributed by atoms with Crippen LogP contribution in [0.3, 0.4) is 0 Å². The Hall–Kier alpha value is -3.12. The van der Waals surface area contributed by atoms with Gasteiger partial charge in [0.25, 0.3) is 0 Å². The third-order valence-corrected chi connectivity index (χ3v) is 10.8. The standard InChI is InChI=1S/C27H25NO2P2/c1-23(22-31(29,24-14-6-2-7-15-24)25-16-8-3-9-17-25)28-32(30,26-18-10-4-11-19-26)27-20-12-5-13-21-27/h2-22H,1H3,(H,28,30)/b23-22-. The second-order valence-electron chi connectivity index (χ2n) is 7.53. The van der Waals surface area contributed by atoms with Crippen LogP contribution in [0.1, 0.15) is 6.92 Å². The molecule has 0 aliphatic heterocycles. The van der Waals surface area contributed by atoms with Crippen molar-refractivity contribution in [1.82, 2.24) is 5.09 Å². The van der Waals surface area contributed by atoms with Gasteiger partial charge in [-0.3, -0.25) is 4.57 Å². The van der Waals surface area contributed by atoms with Crippen molar-refractivity contribution in [3.8, 4) is 0 Å². The number of nitrogens with one attached hydrogen (secondary N) is 1. The van der Waals surface area contributed by atoms with Crippen LogP contribution in [0.2, 0.25) is 0 Å². The van der Waals surface area contributed by atoms with Gasteiger partial charge in [0.2, 0.25) is 7.29 Å². The van der Waals surface area contributed by atoms with E-state index in [2.05, 4.69) is 5.09 Å². The van der Waals surface area contributed by atoms with E-state index in [9.17, 15) is 9.13 Å². The first-order chi connectivity index (χ1) is 15.5. The topological polar surface area (TPSA) is 46.2 Å². The van der Waals surface area contributed by atoms with Gasteiger partial charge in [-0.25, -0.2) is 0 Å². The zero-order valence-electron chi connectivity index (χ0n) is 17.8. The Labute approximate surface area is 189 Å². The van der Waals surface area contributed by atoms with Gasteiger partial charge in [-0.15, -0.1) is 0 Å². The van der Waals surface area contributed by atoms with Gasteiger partial charge in [0.05, 0.1) is 0 Å². The van der Waals surface area contributed by atoms with Gasteiger partial charge < -0.3 is 9.65 Å². The number of benzene rings is 4. The first kappa shape index (κ1) is 22.1. The van der Waals surface area contributed by atoms with E-state index in [1.165, 1.54) is 0 Å². The fourth-order valence-electron chi connectivity index (χ4n) is 3.70. The van der Waals surface area contributed by atoms with Crippen molar-refractivity contribution in [2.24, 2.45) is 0 Å². The lowest BCUT2D eigenvalue weighted by Gasteiger charge is -2.23. The maximum Gasteiger partial charge on any atom is 0.226 e. The zero-order chi connectivity index (χ0) is 22.4. The van der Waals surface area contributed by atoms with Crippen LogP contribution in [0.5, 0.6) is 0 Å². The van der Waals surface area contributed by atoms with Crippen molar-refractivity contribution in [1.29, 1.82) is 0 Å². The van der Waals surface area contributed by atoms with Crippen LogP contribution in [-0.2, 0) is 9.13 Å². The summed E-state index contributed by atoms with van der Waals surface area (Å²) in [5.41, 5.74) is 0.608. The van der Waals surface area contributed by atoms with Crippen LogP contribution in [0.4, 0.5) is 0 Å². The van der Waals surface area contributed by atoms with E-state index >= 15 is 0 Å². The third kappa shape index (κ3) is 4.55. The van der Waals surface area contributed by atoms with E-state index in [0.717, 1.165) is 10.6 Å². The molecular weight excluding hydrogens is 432 g/mol. The fourth-order valence-corrected chi connectivity index (χ4v) is 8.54. The monoisotopic (exact) mass is 457 g/mol. The van der Waals surface area contributed by atoms with Crippen LogP contribution >= 0.6 is 14.4 Å². The Morgan fingerprint density at radius 2 is 0.875 bits per heavy atom. The Morgan fingerprint density at radius 3 is 1.22 bits per heavy atom. The van der Waals surface area contributed by atoms with Crippen LogP contribution in [0.25, 0.3) is 0 Å². The predicted molar refractivity (Wildman–Crippen MR) is 136 cm³/mol. The highest BCUT2D eigenvalue weighted by Gasteiger charge is 2.29. The lowest BCUT2D eigenvalue weighted by molar-refractivity contribution is 0.582. The maximum absolute atomic E-state index is 14.4. The second kappa shape index (κ2) is 9.57. The van der Waals surface area contributed by atoms with Crippen LogP contribution in [0.15, 0.2) is 133 Å². The maximum atomic E-state index is 14.4. The molecule has 32 heavy (non-hydrogen) atoms. The summed E-state index contributed by atoms with van der Waals surface area (Å²) in [5.74, 6) is 1.75. The average molecular weight is 457 g/mol. The summed E-state index contributed by atoms with van der Waals surface area (Å²) in [5, 5.41) is 6.14. The van der Waals surface area contributed by atoms with Crippen molar-refractivity contribution >= 4 is 35.7 Å². The van der Waals surface area contributed by atoms with Gasteiger partial charge in [-0.1, -0.05) is 97.1 Å². The van der Waals surface area contributed by atoms with Gasteiger partial charge in [-0.05, 0) is 31.2 Å². The largest absolute Gasteiger partial charge is 0.333 e. The summed E-state index contributed by atoms with van der Waals surface area (Å²) in [4.78, 5) is 0. The molecule has 0 bridgehead atoms. The summed E-state index contributed by atoms with van der Waals surface area (Å²) in [6, 6.07) is 37.7.